The predicted molar refractivity (Wildman–Crippen MR) is 121 cm³/mol. The maximum atomic E-state index is 12.0. The molecule has 2 aliphatic heterocycles. The molecule has 3 aromatic rings. The number of rotatable bonds is 5. The molecular weight excluding hydrogens is 480 g/mol. The monoisotopic (exact) mass is 504 g/mol. The minimum Gasteiger partial charge on any atom is -0.463 e. The van der Waals surface area contributed by atoms with E-state index in [-0.39, 0.29) is 6.61 Å². The van der Waals surface area contributed by atoms with Gasteiger partial charge in [0.15, 0.2) is 24.6 Å². The van der Waals surface area contributed by atoms with Crippen LogP contribution in [0.25, 0.3) is 21.1 Å². The molecule has 0 amide bonds. The van der Waals surface area contributed by atoms with Crippen molar-refractivity contribution in [2.24, 2.45) is 0 Å². The highest BCUT2D eigenvalue weighted by Gasteiger charge is 2.60. The second-order valence-corrected chi connectivity index (χ2v) is 9.27. The molecule has 12 heteroatoms. The average molecular weight is 505 g/mol. The van der Waals surface area contributed by atoms with Crippen LogP contribution in [0.2, 0.25) is 0 Å². The Morgan fingerprint density at radius 1 is 1.03 bits per heavy atom. The van der Waals surface area contributed by atoms with Gasteiger partial charge in [0.25, 0.3) is 5.91 Å². The molecule has 0 saturated carbocycles. The number of ether oxygens (including phenoxy) is 6. The second-order valence-electron chi connectivity index (χ2n) is 8.49. The zero-order valence-corrected chi connectivity index (χ0v) is 20.3. The molecule has 0 bridgehead atoms. The van der Waals surface area contributed by atoms with Crippen molar-refractivity contribution in [3.05, 3.63) is 30.5 Å². The summed E-state index contributed by atoms with van der Waals surface area (Å²) < 4.78 is 41.1. The molecule has 2 saturated heterocycles. The van der Waals surface area contributed by atoms with E-state index >= 15 is 0 Å². The Labute approximate surface area is 203 Å². The van der Waals surface area contributed by atoms with Crippen LogP contribution in [0.4, 0.5) is 0 Å². The van der Waals surface area contributed by atoms with Gasteiger partial charge in [-0.3, -0.25) is 23.7 Å². The van der Waals surface area contributed by atoms with Gasteiger partial charge >= 0.3 is 17.9 Å². The number of fused-ring (bicyclic) bond motifs is 4. The largest absolute Gasteiger partial charge is 0.463 e. The molecule has 11 nitrogen and oxygen atoms in total. The van der Waals surface area contributed by atoms with Crippen LogP contribution < -0.4 is 0 Å². The molecule has 0 unspecified atom stereocenters. The number of nitrogens with zero attached hydrogens (tertiary/aromatic N) is 2. The molecule has 2 fully saturated rings. The Hall–Kier alpha value is -3.06. The van der Waals surface area contributed by atoms with Crippen molar-refractivity contribution in [2.75, 3.05) is 6.61 Å². The number of benzene rings is 1. The van der Waals surface area contributed by atoms with Gasteiger partial charge in [0.05, 0.1) is 11.7 Å². The number of para-hydroxylation sites is 1. The summed E-state index contributed by atoms with van der Waals surface area (Å²) in [4.78, 5) is 36.2. The normalized spacial score (nSPS) is 30.2. The van der Waals surface area contributed by atoms with E-state index in [4.69, 9.17) is 28.4 Å². The molecule has 0 aliphatic carbocycles. The number of hydrogen-bond donors (Lipinski definition) is 0. The summed E-state index contributed by atoms with van der Waals surface area (Å²) in [5.74, 6) is -3.14. The molecule has 5 rings (SSSR count). The van der Waals surface area contributed by atoms with Crippen molar-refractivity contribution in [1.82, 2.24) is 8.94 Å². The van der Waals surface area contributed by atoms with Gasteiger partial charge in [-0.2, -0.15) is 4.37 Å². The lowest BCUT2D eigenvalue weighted by Gasteiger charge is -2.40. The van der Waals surface area contributed by atoms with E-state index < -0.39 is 54.5 Å². The quantitative estimate of drug-likeness (QED) is 0.378. The maximum absolute atomic E-state index is 12.0. The lowest BCUT2D eigenvalue weighted by atomic mass is 9.98. The van der Waals surface area contributed by atoms with Crippen LogP contribution in [0, 0.1) is 0 Å². The molecule has 0 radical (unpaired) electrons. The first-order valence-corrected chi connectivity index (χ1v) is 11.8. The smallest absolute Gasteiger partial charge is 0.303 e. The Kier molecular flexibility index (Phi) is 5.99. The summed E-state index contributed by atoms with van der Waals surface area (Å²) in [5.41, 5.74) is 0.856. The van der Waals surface area contributed by atoms with Crippen LogP contribution >= 0.6 is 11.5 Å². The van der Waals surface area contributed by atoms with Gasteiger partial charge in [0.2, 0.25) is 0 Å². The first kappa shape index (κ1) is 23.7. The molecule has 186 valence electrons. The van der Waals surface area contributed by atoms with Gasteiger partial charge in [-0.15, -0.1) is 0 Å². The number of carbonyl (C=O) groups is 3. The minimum atomic E-state index is -1.38. The van der Waals surface area contributed by atoms with E-state index in [1.807, 2.05) is 28.8 Å². The summed E-state index contributed by atoms with van der Waals surface area (Å²) in [6.45, 7) is 5.21. The summed E-state index contributed by atoms with van der Waals surface area (Å²) in [6, 6.07) is 7.77. The maximum Gasteiger partial charge on any atom is 0.303 e. The van der Waals surface area contributed by atoms with E-state index in [1.165, 1.54) is 32.3 Å². The fourth-order valence-corrected chi connectivity index (χ4v) is 5.55. The molecular formula is C23H24N2O9S. The molecule has 2 aliphatic rings. The number of hydrogen-bond acceptors (Lipinski definition) is 11. The lowest BCUT2D eigenvalue weighted by Crippen LogP contribution is -2.60. The number of carbonyl (C=O) groups excluding carboxylic acids is 3. The van der Waals surface area contributed by atoms with E-state index in [0.717, 1.165) is 21.1 Å². The Balaban J connectivity index is 1.56. The fourth-order valence-electron chi connectivity index (χ4n) is 4.68. The van der Waals surface area contributed by atoms with E-state index in [0.29, 0.717) is 0 Å². The van der Waals surface area contributed by atoms with Gasteiger partial charge in [-0.05, 0) is 17.6 Å². The van der Waals surface area contributed by atoms with Crippen LogP contribution in [-0.2, 0) is 48.7 Å². The van der Waals surface area contributed by atoms with Gasteiger partial charge in [0.1, 0.15) is 17.5 Å². The molecule has 0 spiro atoms. The third-order valence-corrected chi connectivity index (χ3v) is 6.72. The van der Waals surface area contributed by atoms with E-state index in [1.54, 1.807) is 13.1 Å². The SMILES string of the molecule is CC(=O)OC[C@H]1O[C@@H]2O[C@@](C)(n3c4ccccc4c4cnsc43)O[C@@H]2[C@@H](OC(C)=O)[C@@H]1OC(C)=O. The van der Waals surface area contributed by atoms with Crippen LogP contribution in [0.3, 0.4) is 0 Å². The van der Waals surface area contributed by atoms with Gasteiger partial charge in [0, 0.05) is 38.5 Å². The van der Waals surface area contributed by atoms with Gasteiger partial charge in [-0.1, -0.05) is 18.2 Å². The lowest BCUT2D eigenvalue weighted by molar-refractivity contribution is -0.274. The van der Waals surface area contributed by atoms with Gasteiger partial charge in [-0.25, -0.2) is 0 Å². The standard InChI is InChI=1S/C23H24N2O9S/c1-11(26)29-10-17-18(30-12(2)27)19(31-13(3)28)20-22(32-17)34-23(4,33-20)25-16-8-6-5-7-14(16)15-9-24-35-21(15)25/h5-9,17-20,22H,10H2,1-4H3/t17-,18-,19+,20-,22-,23+/m1/s1. The predicted octanol–water partition coefficient (Wildman–Crippen LogP) is 2.45. The number of aromatic nitrogens is 2. The van der Waals surface area contributed by atoms with E-state index in [9.17, 15) is 14.4 Å². The Bertz CT molecular complexity index is 1300. The van der Waals surface area contributed by atoms with Crippen LogP contribution in [0.1, 0.15) is 27.7 Å². The zero-order valence-electron chi connectivity index (χ0n) is 19.5. The van der Waals surface area contributed by atoms with Crippen molar-refractivity contribution in [3.8, 4) is 0 Å². The Morgan fingerprint density at radius 3 is 2.46 bits per heavy atom. The summed E-state index contributed by atoms with van der Waals surface area (Å²) >= 11 is 1.29. The average Bonchev–Trinajstić information content (AvgIpc) is 3.45. The van der Waals surface area contributed by atoms with Crippen LogP contribution in [0.5, 0.6) is 0 Å². The van der Waals surface area contributed by atoms with Crippen molar-refractivity contribution in [1.29, 1.82) is 0 Å². The first-order valence-electron chi connectivity index (χ1n) is 11.0. The molecule has 0 N–H and O–H groups in total. The topological polar surface area (TPSA) is 124 Å². The summed E-state index contributed by atoms with van der Waals surface area (Å²) in [6.07, 6.45) is -3.28. The third kappa shape index (κ3) is 4.16. The molecule has 1 aromatic carbocycles. The third-order valence-electron chi connectivity index (χ3n) is 5.93. The van der Waals surface area contributed by atoms with Gasteiger partial charge < -0.3 is 23.7 Å². The highest BCUT2D eigenvalue weighted by atomic mass is 32.1. The number of esters is 3. The van der Waals surface area contributed by atoms with Crippen molar-refractivity contribution in [3.63, 3.8) is 0 Å². The molecule has 4 heterocycles. The molecule has 6 atom stereocenters. The van der Waals surface area contributed by atoms with Crippen molar-refractivity contribution >= 4 is 50.6 Å². The second kappa shape index (κ2) is 8.86. The fraction of sp³-hybridized carbons (Fsp3) is 0.478. The first-order chi connectivity index (χ1) is 16.7. The minimum absolute atomic E-state index is 0.236. The zero-order chi connectivity index (χ0) is 24.9. The highest BCUT2D eigenvalue weighted by molar-refractivity contribution is 7.13. The molecule has 2 aromatic heterocycles. The van der Waals surface area contributed by atoms with Crippen LogP contribution in [-0.4, -0.2) is 64.2 Å². The van der Waals surface area contributed by atoms with Crippen molar-refractivity contribution in [2.45, 2.75) is 64.3 Å². The summed E-state index contributed by atoms with van der Waals surface area (Å²) in [5, 5.41) is 1.92. The van der Waals surface area contributed by atoms with Crippen molar-refractivity contribution < 1.29 is 42.8 Å². The highest BCUT2D eigenvalue weighted by Crippen LogP contribution is 2.45. The molecule has 35 heavy (non-hydrogen) atoms. The van der Waals surface area contributed by atoms with E-state index in [2.05, 4.69) is 4.37 Å². The summed E-state index contributed by atoms with van der Waals surface area (Å²) in [7, 11) is 0. The Morgan fingerprint density at radius 2 is 1.74 bits per heavy atom. The van der Waals surface area contributed by atoms with Crippen LogP contribution in [0.15, 0.2) is 30.5 Å².